The number of aromatic nitrogens is 2. The standard InChI is InChI=1S/C10H17N3O3S2/c1-6(2)5-11-8(14)9-12-13-10(17-9)18(15,16)7(3)4/h6-7H,5H2,1-4H3,(H,11,14). The van der Waals surface area contributed by atoms with E-state index in [2.05, 4.69) is 15.5 Å². The van der Waals surface area contributed by atoms with Crippen LogP contribution in [0.2, 0.25) is 0 Å². The lowest BCUT2D eigenvalue weighted by molar-refractivity contribution is 0.0948. The Kier molecular flexibility index (Phi) is 4.80. The van der Waals surface area contributed by atoms with Gasteiger partial charge in [0.2, 0.25) is 19.2 Å². The largest absolute Gasteiger partial charge is 0.350 e. The van der Waals surface area contributed by atoms with Gasteiger partial charge in [-0.3, -0.25) is 4.79 Å². The van der Waals surface area contributed by atoms with Gasteiger partial charge in [0.15, 0.2) is 0 Å². The maximum atomic E-state index is 11.8. The van der Waals surface area contributed by atoms with Crippen molar-refractivity contribution < 1.29 is 13.2 Å². The molecule has 0 saturated heterocycles. The number of nitrogens with zero attached hydrogens (tertiary/aromatic N) is 2. The smallest absolute Gasteiger partial charge is 0.282 e. The fourth-order valence-electron chi connectivity index (χ4n) is 0.991. The molecule has 1 aromatic heterocycles. The number of nitrogens with one attached hydrogen (secondary N) is 1. The lowest BCUT2D eigenvalue weighted by Crippen LogP contribution is -2.27. The number of hydrogen-bond acceptors (Lipinski definition) is 6. The normalized spacial score (nSPS) is 12.1. The lowest BCUT2D eigenvalue weighted by atomic mass is 10.2. The first kappa shape index (κ1) is 15.0. The molecular formula is C10H17N3O3S2. The Bertz CT molecular complexity index is 520. The summed E-state index contributed by atoms with van der Waals surface area (Å²) in [5, 5.41) is 9.37. The topological polar surface area (TPSA) is 89.0 Å². The molecule has 6 nitrogen and oxygen atoms in total. The van der Waals surface area contributed by atoms with Crippen LogP contribution in [0.25, 0.3) is 0 Å². The number of carbonyl (C=O) groups excluding carboxylic acids is 1. The van der Waals surface area contributed by atoms with E-state index in [0.717, 1.165) is 11.3 Å². The zero-order chi connectivity index (χ0) is 13.9. The second-order valence-corrected chi connectivity index (χ2v) is 8.23. The molecule has 0 unspecified atom stereocenters. The van der Waals surface area contributed by atoms with Crippen LogP contribution in [0.3, 0.4) is 0 Å². The van der Waals surface area contributed by atoms with E-state index in [4.69, 9.17) is 0 Å². The van der Waals surface area contributed by atoms with Crippen molar-refractivity contribution in [2.24, 2.45) is 5.92 Å². The van der Waals surface area contributed by atoms with E-state index in [-0.39, 0.29) is 15.3 Å². The minimum atomic E-state index is -3.46. The van der Waals surface area contributed by atoms with E-state index in [1.54, 1.807) is 13.8 Å². The van der Waals surface area contributed by atoms with Gasteiger partial charge in [0.1, 0.15) is 0 Å². The third-order valence-corrected chi connectivity index (χ3v) is 5.61. The maximum absolute atomic E-state index is 11.8. The van der Waals surface area contributed by atoms with Crippen LogP contribution in [0, 0.1) is 5.92 Å². The van der Waals surface area contributed by atoms with Crippen LogP contribution >= 0.6 is 11.3 Å². The predicted octanol–water partition coefficient (Wildman–Crippen LogP) is 1.11. The number of rotatable bonds is 5. The second-order valence-electron chi connectivity index (χ2n) is 4.57. The Hall–Kier alpha value is -1.02. The highest BCUT2D eigenvalue weighted by atomic mass is 32.2. The molecule has 0 fully saturated rings. The van der Waals surface area contributed by atoms with Crippen molar-refractivity contribution in [1.29, 1.82) is 0 Å². The van der Waals surface area contributed by atoms with Crippen LogP contribution in [-0.4, -0.2) is 36.3 Å². The molecule has 102 valence electrons. The van der Waals surface area contributed by atoms with Crippen molar-refractivity contribution in [2.45, 2.75) is 37.3 Å². The Labute approximate surface area is 111 Å². The van der Waals surface area contributed by atoms with Gasteiger partial charge in [0, 0.05) is 6.54 Å². The van der Waals surface area contributed by atoms with Gasteiger partial charge in [0.25, 0.3) is 5.91 Å². The fourth-order valence-corrected chi connectivity index (χ4v) is 3.32. The van der Waals surface area contributed by atoms with Gasteiger partial charge in [-0.15, -0.1) is 10.2 Å². The van der Waals surface area contributed by atoms with Gasteiger partial charge < -0.3 is 5.32 Å². The van der Waals surface area contributed by atoms with E-state index < -0.39 is 15.1 Å². The predicted molar refractivity (Wildman–Crippen MR) is 69.4 cm³/mol. The van der Waals surface area contributed by atoms with Gasteiger partial charge in [0.05, 0.1) is 5.25 Å². The summed E-state index contributed by atoms with van der Waals surface area (Å²) in [6.45, 7) is 7.58. The summed E-state index contributed by atoms with van der Waals surface area (Å²) in [6.07, 6.45) is 0. The Morgan fingerprint density at radius 1 is 1.28 bits per heavy atom. The molecule has 8 heteroatoms. The van der Waals surface area contributed by atoms with Gasteiger partial charge in [-0.1, -0.05) is 25.2 Å². The highest BCUT2D eigenvalue weighted by Crippen LogP contribution is 2.20. The quantitative estimate of drug-likeness (QED) is 0.877. The summed E-state index contributed by atoms with van der Waals surface area (Å²) in [5.41, 5.74) is 0. The highest BCUT2D eigenvalue weighted by molar-refractivity contribution is 7.93. The SMILES string of the molecule is CC(C)CNC(=O)c1nnc(S(=O)(=O)C(C)C)s1. The summed E-state index contributed by atoms with van der Waals surface area (Å²) in [4.78, 5) is 11.7. The molecule has 0 spiro atoms. The highest BCUT2D eigenvalue weighted by Gasteiger charge is 2.25. The first-order valence-corrected chi connectivity index (χ1v) is 7.97. The van der Waals surface area contributed by atoms with Crippen LogP contribution < -0.4 is 5.32 Å². The van der Waals surface area contributed by atoms with E-state index in [1.807, 2.05) is 13.8 Å². The van der Waals surface area contributed by atoms with Gasteiger partial charge in [-0.05, 0) is 19.8 Å². The molecule has 0 aliphatic carbocycles. The van der Waals surface area contributed by atoms with Crippen LogP contribution in [0.15, 0.2) is 4.34 Å². The molecule has 1 heterocycles. The first-order chi connectivity index (χ1) is 8.25. The molecule has 1 amide bonds. The fraction of sp³-hybridized carbons (Fsp3) is 0.700. The lowest BCUT2D eigenvalue weighted by Gasteiger charge is -2.04. The average molecular weight is 291 g/mol. The Morgan fingerprint density at radius 2 is 1.89 bits per heavy atom. The molecule has 0 aliphatic heterocycles. The minimum Gasteiger partial charge on any atom is -0.350 e. The van der Waals surface area contributed by atoms with Crippen LogP contribution in [0.1, 0.15) is 37.5 Å². The molecule has 0 radical (unpaired) electrons. The summed E-state index contributed by atoms with van der Waals surface area (Å²) in [5.74, 6) is -0.0628. The van der Waals surface area contributed by atoms with Crippen molar-refractivity contribution in [3.05, 3.63) is 5.01 Å². The Balaban J connectivity index is 2.84. The van der Waals surface area contributed by atoms with Gasteiger partial charge in [-0.25, -0.2) is 8.42 Å². The summed E-state index contributed by atoms with van der Waals surface area (Å²) in [7, 11) is -3.46. The van der Waals surface area contributed by atoms with Crippen LogP contribution in [0.4, 0.5) is 0 Å². The Morgan fingerprint density at radius 3 is 2.39 bits per heavy atom. The van der Waals surface area contributed by atoms with E-state index in [9.17, 15) is 13.2 Å². The number of amides is 1. The van der Waals surface area contributed by atoms with Gasteiger partial charge in [-0.2, -0.15) is 0 Å². The van der Waals surface area contributed by atoms with Crippen molar-refractivity contribution in [3.8, 4) is 0 Å². The van der Waals surface area contributed by atoms with E-state index >= 15 is 0 Å². The second kappa shape index (κ2) is 5.75. The zero-order valence-electron chi connectivity index (χ0n) is 10.8. The number of hydrogen-bond donors (Lipinski definition) is 1. The molecule has 0 aromatic carbocycles. The molecule has 0 aliphatic rings. The van der Waals surface area contributed by atoms with Gasteiger partial charge >= 0.3 is 0 Å². The maximum Gasteiger partial charge on any atom is 0.282 e. The van der Waals surface area contributed by atoms with Crippen molar-refractivity contribution >= 4 is 27.1 Å². The number of carbonyl (C=O) groups is 1. The molecule has 0 atom stereocenters. The van der Waals surface area contributed by atoms with E-state index in [0.29, 0.717) is 12.5 Å². The van der Waals surface area contributed by atoms with Crippen molar-refractivity contribution in [3.63, 3.8) is 0 Å². The minimum absolute atomic E-state index is 0.0786. The van der Waals surface area contributed by atoms with Crippen LogP contribution in [-0.2, 0) is 9.84 Å². The van der Waals surface area contributed by atoms with Crippen LogP contribution in [0.5, 0.6) is 0 Å². The molecule has 1 N–H and O–H groups in total. The first-order valence-electron chi connectivity index (χ1n) is 5.60. The van der Waals surface area contributed by atoms with Crippen molar-refractivity contribution in [2.75, 3.05) is 6.54 Å². The average Bonchev–Trinajstić information content (AvgIpc) is 2.75. The summed E-state index contributed by atoms with van der Waals surface area (Å²) < 4.78 is 23.5. The molecule has 0 bridgehead atoms. The summed E-state index contributed by atoms with van der Waals surface area (Å²) in [6, 6.07) is 0. The molecule has 1 aromatic rings. The van der Waals surface area contributed by atoms with Crippen molar-refractivity contribution in [1.82, 2.24) is 15.5 Å². The zero-order valence-corrected chi connectivity index (χ0v) is 12.4. The number of sulfone groups is 1. The molecule has 1 rings (SSSR count). The molecule has 18 heavy (non-hydrogen) atoms. The molecule has 0 saturated carbocycles. The van der Waals surface area contributed by atoms with E-state index in [1.165, 1.54) is 0 Å². The monoisotopic (exact) mass is 291 g/mol. The molecular weight excluding hydrogens is 274 g/mol. The summed E-state index contributed by atoms with van der Waals surface area (Å²) >= 11 is 0.806. The third kappa shape index (κ3) is 3.49. The third-order valence-electron chi connectivity index (χ3n) is 2.14.